The molecule has 1 saturated heterocycles. The molecule has 3 rings (SSSR count). The summed E-state index contributed by atoms with van der Waals surface area (Å²) >= 11 is 0. The Morgan fingerprint density at radius 3 is 2.47 bits per heavy atom. The summed E-state index contributed by atoms with van der Waals surface area (Å²) in [6.07, 6.45) is 2.50. The lowest BCUT2D eigenvalue weighted by molar-refractivity contribution is -0.145. The normalized spacial score (nSPS) is 21.8. The summed E-state index contributed by atoms with van der Waals surface area (Å²) in [5, 5.41) is 0. The van der Waals surface area contributed by atoms with Gasteiger partial charge in [-0.2, -0.15) is 0 Å². The van der Waals surface area contributed by atoms with E-state index in [0.29, 0.717) is 31.9 Å². The molecule has 1 saturated carbocycles. The van der Waals surface area contributed by atoms with Crippen LogP contribution in [0.1, 0.15) is 24.8 Å². The van der Waals surface area contributed by atoms with Crippen LogP contribution in [0.15, 0.2) is 24.3 Å². The molecular weight excluding hydrogens is 245 g/mol. The van der Waals surface area contributed by atoms with E-state index < -0.39 is 5.41 Å². The third kappa shape index (κ3) is 2.04. The molecular formula is C15H18FNO2. The lowest BCUT2D eigenvalue weighted by Crippen LogP contribution is -2.54. The maximum absolute atomic E-state index is 14.0. The minimum atomic E-state index is -0.622. The molecule has 4 heteroatoms. The van der Waals surface area contributed by atoms with E-state index in [4.69, 9.17) is 4.74 Å². The molecule has 2 fully saturated rings. The minimum Gasteiger partial charge on any atom is -0.378 e. The van der Waals surface area contributed by atoms with E-state index in [2.05, 4.69) is 0 Å². The Morgan fingerprint density at radius 1 is 1.21 bits per heavy atom. The molecule has 102 valence electrons. The van der Waals surface area contributed by atoms with E-state index in [1.807, 2.05) is 11.0 Å². The van der Waals surface area contributed by atoms with E-state index in [-0.39, 0.29) is 11.7 Å². The largest absolute Gasteiger partial charge is 0.378 e. The summed E-state index contributed by atoms with van der Waals surface area (Å²) in [4.78, 5) is 14.6. The quantitative estimate of drug-likeness (QED) is 0.818. The summed E-state index contributed by atoms with van der Waals surface area (Å²) in [6, 6.07) is 6.68. The molecule has 0 radical (unpaired) electrons. The first-order valence-corrected chi connectivity index (χ1v) is 6.86. The summed E-state index contributed by atoms with van der Waals surface area (Å²) < 4.78 is 19.3. The van der Waals surface area contributed by atoms with Gasteiger partial charge in [0, 0.05) is 18.7 Å². The number of amides is 1. The van der Waals surface area contributed by atoms with Crippen LogP contribution in [0.3, 0.4) is 0 Å². The topological polar surface area (TPSA) is 29.5 Å². The number of benzene rings is 1. The minimum absolute atomic E-state index is 0.0761. The van der Waals surface area contributed by atoms with Crippen LogP contribution in [0, 0.1) is 5.82 Å². The van der Waals surface area contributed by atoms with Gasteiger partial charge in [-0.25, -0.2) is 4.39 Å². The molecule has 0 unspecified atom stereocenters. The van der Waals surface area contributed by atoms with Crippen LogP contribution < -0.4 is 0 Å². The molecule has 0 N–H and O–H groups in total. The second kappa shape index (κ2) is 4.93. The number of ether oxygens (including phenoxy) is 1. The van der Waals surface area contributed by atoms with Gasteiger partial charge in [0.25, 0.3) is 0 Å². The third-order valence-electron chi connectivity index (χ3n) is 4.30. The van der Waals surface area contributed by atoms with Gasteiger partial charge in [0.2, 0.25) is 5.91 Å². The highest BCUT2D eigenvalue weighted by Crippen LogP contribution is 2.46. The zero-order chi connectivity index (χ0) is 13.3. The Kier molecular flexibility index (Phi) is 3.27. The number of rotatable bonds is 2. The third-order valence-corrected chi connectivity index (χ3v) is 4.30. The molecule has 1 aliphatic heterocycles. The van der Waals surface area contributed by atoms with Gasteiger partial charge in [-0.05, 0) is 18.9 Å². The van der Waals surface area contributed by atoms with Gasteiger partial charge >= 0.3 is 0 Å². The molecule has 1 aromatic carbocycles. The predicted octanol–water partition coefficient (Wildman–Crippen LogP) is 2.11. The zero-order valence-electron chi connectivity index (χ0n) is 10.9. The van der Waals surface area contributed by atoms with E-state index in [9.17, 15) is 9.18 Å². The SMILES string of the molecule is O=C(N1CCOCC1)C1(c2ccccc2F)CCC1. The van der Waals surface area contributed by atoms with Crippen LogP contribution in [0.25, 0.3) is 0 Å². The van der Waals surface area contributed by atoms with Crippen molar-refractivity contribution in [3.05, 3.63) is 35.6 Å². The molecule has 1 aromatic rings. The predicted molar refractivity (Wildman–Crippen MR) is 69.3 cm³/mol. The van der Waals surface area contributed by atoms with Crippen LogP contribution in [-0.2, 0) is 14.9 Å². The first-order valence-electron chi connectivity index (χ1n) is 6.86. The van der Waals surface area contributed by atoms with Crippen molar-refractivity contribution >= 4 is 5.91 Å². The summed E-state index contributed by atoms with van der Waals surface area (Å²) in [5.74, 6) is -0.184. The molecule has 1 aliphatic carbocycles. The van der Waals surface area contributed by atoms with Gasteiger partial charge < -0.3 is 9.64 Å². The monoisotopic (exact) mass is 263 g/mol. The number of halogens is 1. The van der Waals surface area contributed by atoms with E-state index >= 15 is 0 Å². The Labute approximate surface area is 112 Å². The number of nitrogens with zero attached hydrogens (tertiary/aromatic N) is 1. The van der Waals surface area contributed by atoms with Crippen molar-refractivity contribution in [2.24, 2.45) is 0 Å². The van der Waals surface area contributed by atoms with Crippen molar-refractivity contribution in [3.8, 4) is 0 Å². The lowest BCUT2D eigenvalue weighted by atomic mass is 9.63. The first-order chi connectivity index (χ1) is 9.24. The average Bonchev–Trinajstić information content (AvgIpc) is 2.40. The van der Waals surface area contributed by atoms with Crippen LogP contribution in [0.2, 0.25) is 0 Å². The first kappa shape index (κ1) is 12.6. The van der Waals surface area contributed by atoms with Gasteiger partial charge in [-0.15, -0.1) is 0 Å². The van der Waals surface area contributed by atoms with Crippen molar-refractivity contribution in [1.82, 2.24) is 4.90 Å². The zero-order valence-corrected chi connectivity index (χ0v) is 10.9. The van der Waals surface area contributed by atoms with Crippen molar-refractivity contribution in [2.75, 3.05) is 26.3 Å². The van der Waals surface area contributed by atoms with Crippen molar-refractivity contribution in [1.29, 1.82) is 0 Å². The number of morpholine rings is 1. The molecule has 0 atom stereocenters. The highest BCUT2D eigenvalue weighted by Gasteiger charge is 2.49. The number of hydrogen-bond acceptors (Lipinski definition) is 2. The molecule has 19 heavy (non-hydrogen) atoms. The summed E-state index contributed by atoms with van der Waals surface area (Å²) in [5.41, 5.74) is -0.0550. The van der Waals surface area contributed by atoms with Crippen LogP contribution >= 0.6 is 0 Å². The van der Waals surface area contributed by atoms with Crippen LogP contribution in [-0.4, -0.2) is 37.1 Å². The Hall–Kier alpha value is -1.42. The lowest BCUT2D eigenvalue weighted by Gasteiger charge is -2.44. The fourth-order valence-corrected chi connectivity index (χ4v) is 3.05. The van der Waals surface area contributed by atoms with Gasteiger partial charge in [0.1, 0.15) is 5.82 Å². The number of carbonyl (C=O) groups is 1. The molecule has 3 nitrogen and oxygen atoms in total. The van der Waals surface area contributed by atoms with E-state index in [0.717, 1.165) is 19.3 Å². The standard InChI is InChI=1S/C15H18FNO2/c16-13-5-2-1-4-12(13)15(6-3-7-15)14(18)17-8-10-19-11-9-17/h1-2,4-5H,3,6-11H2. The highest BCUT2D eigenvalue weighted by molar-refractivity contribution is 5.89. The molecule has 2 aliphatic rings. The summed E-state index contributed by atoms with van der Waals surface area (Å²) in [7, 11) is 0. The van der Waals surface area contributed by atoms with Crippen LogP contribution in [0.5, 0.6) is 0 Å². The van der Waals surface area contributed by atoms with Gasteiger partial charge in [-0.1, -0.05) is 24.6 Å². The molecule has 1 heterocycles. The van der Waals surface area contributed by atoms with Gasteiger partial charge in [0.05, 0.1) is 18.6 Å². The fourth-order valence-electron chi connectivity index (χ4n) is 3.05. The van der Waals surface area contributed by atoms with E-state index in [1.54, 1.807) is 12.1 Å². The molecule has 1 amide bonds. The van der Waals surface area contributed by atoms with Crippen LogP contribution in [0.4, 0.5) is 4.39 Å². The Balaban J connectivity index is 1.90. The Bertz CT molecular complexity index is 479. The van der Waals surface area contributed by atoms with Crippen molar-refractivity contribution < 1.29 is 13.9 Å². The second-order valence-corrected chi connectivity index (χ2v) is 5.32. The molecule has 0 aromatic heterocycles. The maximum atomic E-state index is 14.0. The summed E-state index contributed by atoms with van der Waals surface area (Å²) in [6.45, 7) is 2.41. The van der Waals surface area contributed by atoms with Gasteiger partial charge in [-0.3, -0.25) is 4.79 Å². The smallest absolute Gasteiger partial charge is 0.233 e. The van der Waals surface area contributed by atoms with Crippen molar-refractivity contribution in [2.45, 2.75) is 24.7 Å². The van der Waals surface area contributed by atoms with Crippen molar-refractivity contribution in [3.63, 3.8) is 0 Å². The molecule has 0 bridgehead atoms. The Morgan fingerprint density at radius 2 is 1.89 bits per heavy atom. The highest BCUT2D eigenvalue weighted by atomic mass is 19.1. The van der Waals surface area contributed by atoms with Gasteiger partial charge in [0.15, 0.2) is 0 Å². The van der Waals surface area contributed by atoms with E-state index in [1.165, 1.54) is 6.07 Å². The fraction of sp³-hybridized carbons (Fsp3) is 0.533. The molecule has 0 spiro atoms. The number of carbonyl (C=O) groups excluding carboxylic acids is 1. The average molecular weight is 263 g/mol. The maximum Gasteiger partial charge on any atom is 0.233 e. The number of hydrogen-bond donors (Lipinski definition) is 0. The second-order valence-electron chi connectivity index (χ2n) is 5.32.